The normalized spacial score (nSPS) is 11.7. The lowest BCUT2D eigenvalue weighted by atomic mass is 10.1. The molecule has 0 spiro atoms. The van der Waals surface area contributed by atoms with Crippen LogP contribution >= 0.6 is 0 Å². The van der Waals surface area contributed by atoms with Crippen molar-refractivity contribution in [3.05, 3.63) is 75.6 Å². The largest absolute Gasteiger partial charge is 0.324 e. The molecule has 2 N–H and O–H groups in total. The van der Waals surface area contributed by atoms with E-state index >= 15 is 0 Å². The van der Waals surface area contributed by atoms with E-state index in [0.29, 0.717) is 17.8 Å². The number of amides is 2. The molecule has 0 saturated carbocycles. The van der Waals surface area contributed by atoms with Crippen molar-refractivity contribution in [2.24, 2.45) is 0 Å². The van der Waals surface area contributed by atoms with E-state index in [9.17, 15) is 14.4 Å². The van der Waals surface area contributed by atoms with Gasteiger partial charge >= 0.3 is 0 Å². The maximum Gasteiger partial charge on any atom is 0.291 e. The smallest absolute Gasteiger partial charge is 0.291 e. The lowest BCUT2D eigenvalue weighted by molar-refractivity contribution is -0.119. The fourth-order valence-electron chi connectivity index (χ4n) is 3.44. The summed E-state index contributed by atoms with van der Waals surface area (Å²) in [5.41, 5.74) is 4.62. The molecule has 32 heavy (non-hydrogen) atoms. The van der Waals surface area contributed by atoms with Gasteiger partial charge in [0.05, 0.1) is 5.69 Å². The molecule has 0 bridgehead atoms. The van der Waals surface area contributed by atoms with E-state index in [-0.39, 0.29) is 17.5 Å². The Labute approximate surface area is 187 Å². The van der Waals surface area contributed by atoms with Gasteiger partial charge in [0.25, 0.3) is 5.56 Å². The van der Waals surface area contributed by atoms with Crippen LogP contribution in [-0.2, 0) is 9.59 Å². The van der Waals surface area contributed by atoms with Crippen LogP contribution in [-0.4, -0.2) is 21.6 Å². The second-order valence-corrected chi connectivity index (χ2v) is 7.90. The molecule has 7 heteroatoms. The van der Waals surface area contributed by atoms with Gasteiger partial charge in [-0.25, -0.2) is 4.68 Å². The first kappa shape index (κ1) is 22.9. The lowest BCUT2D eigenvalue weighted by Crippen LogP contribution is -2.36. The maximum absolute atomic E-state index is 13.2. The minimum atomic E-state index is -0.847. The molecule has 3 rings (SSSR count). The number of benzene rings is 2. The predicted octanol–water partition coefficient (Wildman–Crippen LogP) is 4.38. The Morgan fingerprint density at radius 3 is 2.31 bits per heavy atom. The summed E-state index contributed by atoms with van der Waals surface area (Å²) in [6.45, 7) is 9.03. The van der Waals surface area contributed by atoms with Gasteiger partial charge in [-0.15, -0.1) is 0 Å². The summed E-state index contributed by atoms with van der Waals surface area (Å²) in [5, 5.41) is 10.0. The summed E-state index contributed by atoms with van der Waals surface area (Å²) in [6, 6.07) is 14.0. The van der Waals surface area contributed by atoms with Crippen LogP contribution in [0.25, 0.3) is 11.3 Å². The van der Waals surface area contributed by atoms with Crippen LogP contribution in [0.4, 0.5) is 11.4 Å². The number of carbonyl (C=O) groups excluding carboxylic acids is 2. The van der Waals surface area contributed by atoms with Crippen LogP contribution < -0.4 is 16.2 Å². The van der Waals surface area contributed by atoms with E-state index in [1.165, 1.54) is 11.6 Å². The Morgan fingerprint density at radius 1 is 1.00 bits per heavy atom. The topological polar surface area (TPSA) is 93.1 Å². The number of hydrogen-bond donors (Lipinski definition) is 2. The number of nitrogens with one attached hydrogen (secondary N) is 2. The van der Waals surface area contributed by atoms with Crippen molar-refractivity contribution >= 4 is 23.2 Å². The zero-order valence-corrected chi connectivity index (χ0v) is 19.0. The lowest BCUT2D eigenvalue weighted by Gasteiger charge is -2.20. The average Bonchev–Trinajstić information content (AvgIpc) is 2.74. The number of hydrogen-bond acceptors (Lipinski definition) is 4. The van der Waals surface area contributed by atoms with Crippen molar-refractivity contribution in [2.75, 3.05) is 10.6 Å². The number of aromatic nitrogens is 2. The highest BCUT2D eigenvalue weighted by molar-refractivity contribution is 5.94. The summed E-state index contributed by atoms with van der Waals surface area (Å²) in [4.78, 5) is 38.0. The average molecular weight is 433 g/mol. The molecule has 7 nitrogen and oxygen atoms in total. The molecule has 0 fully saturated rings. The van der Waals surface area contributed by atoms with Crippen molar-refractivity contribution in [1.29, 1.82) is 0 Å². The molecule has 0 radical (unpaired) electrons. The van der Waals surface area contributed by atoms with Gasteiger partial charge in [-0.2, -0.15) is 5.10 Å². The third-order valence-corrected chi connectivity index (χ3v) is 5.44. The summed E-state index contributed by atoms with van der Waals surface area (Å²) in [7, 11) is 0. The SMILES string of the molecule is CC[C@H](C(=O)Nc1cccc(C)c1C)n1nc(-c2ccc(C)cc2)cc(NC(C)=O)c1=O. The van der Waals surface area contributed by atoms with E-state index in [1.807, 2.05) is 70.2 Å². The van der Waals surface area contributed by atoms with Crippen molar-refractivity contribution in [3.8, 4) is 11.3 Å². The summed E-state index contributed by atoms with van der Waals surface area (Å²) >= 11 is 0. The zero-order valence-electron chi connectivity index (χ0n) is 19.0. The highest BCUT2D eigenvalue weighted by Crippen LogP contribution is 2.23. The molecule has 166 valence electrons. The fraction of sp³-hybridized carbons (Fsp3) is 0.280. The van der Waals surface area contributed by atoms with Crippen LogP contribution in [0.5, 0.6) is 0 Å². The van der Waals surface area contributed by atoms with Gasteiger partial charge < -0.3 is 10.6 Å². The van der Waals surface area contributed by atoms with Gasteiger partial charge in [0, 0.05) is 18.2 Å². The Morgan fingerprint density at radius 2 is 1.69 bits per heavy atom. The van der Waals surface area contributed by atoms with E-state index < -0.39 is 11.6 Å². The van der Waals surface area contributed by atoms with Gasteiger partial charge in [-0.05, 0) is 50.5 Å². The van der Waals surface area contributed by atoms with Gasteiger partial charge in [0.2, 0.25) is 11.8 Å². The highest BCUT2D eigenvalue weighted by atomic mass is 16.2. The fourth-order valence-corrected chi connectivity index (χ4v) is 3.44. The predicted molar refractivity (Wildman–Crippen MR) is 127 cm³/mol. The number of anilines is 2. The molecule has 0 aliphatic rings. The summed E-state index contributed by atoms with van der Waals surface area (Å²) < 4.78 is 1.17. The minimum absolute atomic E-state index is 0.0843. The third-order valence-electron chi connectivity index (χ3n) is 5.44. The first-order valence-corrected chi connectivity index (χ1v) is 10.6. The molecule has 2 aromatic carbocycles. The summed E-state index contributed by atoms with van der Waals surface area (Å²) in [5.74, 6) is -0.715. The van der Waals surface area contributed by atoms with Crippen LogP contribution in [0.3, 0.4) is 0 Å². The standard InChI is InChI=1S/C25H28N4O3/c1-6-23(24(31)27-20-9-7-8-16(3)17(20)4)29-25(32)22(26-18(5)30)14-21(28-29)19-12-10-15(2)11-13-19/h7-14,23H,6H2,1-5H3,(H,26,30)(H,27,31)/t23-/m1/s1. The van der Waals surface area contributed by atoms with Crippen LogP contribution in [0.15, 0.2) is 53.3 Å². The minimum Gasteiger partial charge on any atom is -0.324 e. The Bertz CT molecular complexity index is 1210. The van der Waals surface area contributed by atoms with Crippen LogP contribution in [0.1, 0.15) is 43.0 Å². The molecule has 0 unspecified atom stereocenters. The van der Waals surface area contributed by atoms with E-state index in [2.05, 4.69) is 15.7 Å². The molecule has 1 aromatic heterocycles. The number of nitrogens with zero attached hydrogens (tertiary/aromatic N) is 2. The molecular formula is C25H28N4O3. The number of rotatable bonds is 6. The molecule has 1 heterocycles. The Hall–Kier alpha value is -3.74. The molecule has 3 aromatic rings. The van der Waals surface area contributed by atoms with Crippen molar-refractivity contribution in [3.63, 3.8) is 0 Å². The molecule has 0 aliphatic carbocycles. The van der Waals surface area contributed by atoms with Crippen molar-refractivity contribution in [2.45, 2.75) is 47.1 Å². The summed E-state index contributed by atoms with van der Waals surface area (Å²) in [6.07, 6.45) is 0.348. The van der Waals surface area contributed by atoms with E-state index in [4.69, 9.17) is 0 Å². The third kappa shape index (κ3) is 4.94. The molecule has 0 saturated heterocycles. The second kappa shape index (κ2) is 9.60. The highest BCUT2D eigenvalue weighted by Gasteiger charge is 2.24. The first-order valence-electron chi connectivity index (χ1n) is 10.6. The van der Waals surface area contributed by atoms with Crippen molar-refractivity contribution < 1.29 is 9.59 Å². The van der Waals surface area contributed by atoms with Gasteiger partial charge in [-0.3, -0.25) is 14.4 Å². The Balaban J connectivity index is 2.08. The molecular weight excluding hydrogens is 404 g/mol. The molecule has 0 aliphatic heterocycles. The van der Waals surface area contributed by atoms with Crippen LogP contribution in [0.2, 0.25) is 0 Å². The van der Waals surface area contributed by atoms with Gasteiger partial charge in [-0.1, -0.05) is 48.9 Å². The quantitative estimate of drug-likeness (QED) is 0.604. The first-order chi connectivity index (χ1) is 15.2. The van der Waals surface area contributed by atoms with Gasteiger partial charge in [0.1, 0.15) is 11.7 Å². The van der Waals surface area contributed by atoms with Crippen LogP contribution in [0, 0.1) is 20.8 Å². The monoisotopic (exact) mass is 432 g/mol. The number of aryl methyl sites for hydroxylation is 2. The van der Waals surface area contributed by atoms with E-state index in [0.717, 1.165) is 22.3 Å². The molecule has 1 atom stereocenters. The maximum atomic E-state index is 13.2. The number of carbonyl (C=O) groups is 2. The Kier molecular flexibility index (Phi) is 6.88. The molecule has 2 amide bonds. The van der Waals surface area contributed by atoms with E-state index in [1.54, 1.807) is 6.07 Å². The van der Waals surface area contributed by atoms with Gasteiger partial charge in [0.15, 0.2) is 0 Å². The zero-order chi connectivity index (χ0) is 23.4. The van der Waals surface area contributed by atoms with Crippen molar-refractivity contribution in [1.82, 2.24) is 9.78 Å². The second-order valence-electron chi connectivity index (χ2n) is 7.90.